The number of nitrogens with zero attached hydrogens (tertiary/aromatic N) is 2. The molecular weight excluding hydrogens is 254 g/mol. The van der Waals surface area contributed by atoms with Crippen molar-refractivity contribution in [2.24, 2.45) is 0 Å². The molecule has 1 aromatic rings. The minimum atomic E-state index is -0.184. The molecular formula is C15H23N3O2. The van der Waals surface area contributed by atoms with E-state index in [9.17, 15) is 4.79 Å². The third kappa shape index (κ3) is 3.93. The summed E-state index contributed by atoms with van der Waals surface area (Å²) in [6, 6.07) is 2.52. The van der Waals surface area contributed by atoms with Gasteiger partial charge in [-0.2, -0.15) is 0 Å². The van der Waals surface area contributed by atoms with Gasteiger partial charge in [-0.25, -0.2) is 4.79 Å². The fourth-order valence-electron chi connectivity index (χ4n) is 2.44. The average molecular weight is 277 g/mol. The van der Waals surface area contributed by atoms with Gasteiger partial charge in [-0.1, -0.05) is 0 Å². The second-order valence-electron chi connectivity index (χ2n) is 5.14. The SMILES string of the molecule is CCOC(=O)N1CCC(NCc2ccncc2C)CC1. The summed E-state index contributed by atoms with van der Waals surface area (Å²) < 4.78 is 5.02. The standard InChI is InChI=1S/C15H23N3O2/c1-3-20-15(19)18-8-5-14(6-9-18)17-11-13-4-7-16-10-12(13)2/h4,7,10,14,17H,3,5-6,8-9,11H2,1-2H3. The number of carbonyl (C=O) groups is 1. The van der Waals surface area contributed by atoms with Gasteiger partial charge < -0.3 is 15.0 Å². The lowest BCUT2D eigenvalue weighted by molar-refractivity contribution is 0.0950. The summed E-state index contributed by atoms with van der Waals surface area (Å²) in [6.07, 6.45) is 5.48. The van der Waals surface area contributed by atoms with Crippen LogP contribution in [0.2, 0.25) is 0 Å². The Labute approximate surface area is 120 Å². The molecule has 1 aromatic heterocycles. The Bertz CT molecular complexity index is 442. The van der Waals surface area contributed by atoms with Gasteiger partial charge in [-0.05, 0) is 43.9 Å². The van der Waals surface area contributed by atoms with E-state index in [2.05, 4.69) is 23.3 Å². The van der Waals surface area contributed by atoms with E-state index in [1.54, 1.807) is 4.90 Å². The first-order valence-electron chi connectivity index (χ1n) is 7.25. The van der Waals surface area contributed by atoms with E-state index in [-0.39, 0.29) is 6.09 Å². The van der Waals surface area contributed by atoms with E-state index in [4.69, 9.17) is 4.74 Å². The van der Waals surface area contributed by atoms with Gasteiger partial charge >= 0.3 is 6.09 Å². The number of hydrogen-bond acceptors (Lipinski definition) is 4. The highest BCUT2D eigenvalue weighted by Crippen LogP contribution is 2.13. The Balaban J connectivity index is 1.75. The quantitative estimate of drug-likeness (QED) is 0.915. The molecule has 1 aliphatic heterocycles. The summed E-state index contributed by atoms with van der Waals surface area (Å²) in [5.74, 6) is 0. The first-order chi connectivity index (χ1) is 9.70. The number of ether oxygens (including phenoxy) is 1. The Kier molecular flexibility index (Phi) is 5.35. The molecule has 0 aliphatic carbocycles. The molecule has 0 radical (unpaired) electrons. The smallest absolute Gasteiger partial charge is 0.409 e. The van der Waals surface area contributed by atoms with Gasteiger partial charge in [0.2, 0.25) is 0 Å². The van der Waals surface area contributed by atoms with Crippen LogP contribution in [0.5, 0.6) is 0 Å². The molecule has 0 aromatic carbocycles. The summed E-state index contributed by atoms with van der Waals surface area (Å²) in [6.45, 7) is 6.76. The molecule has 5 heteroatoms. The van der Waals surface area contributed by atoms with E-state index in [1.165, 1.54) is 11.1 Å². The fourth-order valence-corrected chi connectivity index (χ4v) is 2.44. The Morgan fingerprint density at radius 2 is 2.25 bits per heavy atom. The maximum Gasteiger partial charge on any atom is 0.409 e. The molecule has 0 bridgehead atoms. The number of aryl methyl sites for hydroxylation is 1. The Hall–Kier alpha value is -1.62. The van der Waals surface area contributed by atoms with Gasteiger partial charge in [-0.15, -0.1) is 0 Å². The second kappa shape index (κ2) is 7.24. The van der Waals surface area contributed by atoms with Crippen LogP contribution in [-0.4, -0.2) is 41.7 Å². The van der Waals surface area contributed by atoms with Crippen LogP contribution in [-0.2, 0) is 11.3 Å². The average Bonchev–Trinajstić information content (AvgIpc) is 2.47. The monoisotopic (exact) mass is 277 g/mol. The lowest BCUT2D eigenvalue weighted by atomic mass is 10.0. The number of carbonyl (C=O) groups excluding carboxylic acids is 1. The number of likely N-dealkylation sites (tertiary alicyclic amines) is 1. The van der Waals surface area contributed by atoms with Gasteiger partial charge in [0.1, 0.15) is 0 Å². The van der Waals surface area contributed by atoms with E-state index >= 15 is 0 Å². The highest BCUT2D eigenvalue weighted by molar-refractivity contribution is 5.67. The van der Waals surface area contributed by atoms with Crippen molar-refractivity contribution in [1.29, 1.82) is 0 Å². The second-order valence-corrected chi connectivity index (χ2v) is 5.14. The van der Waals surface area contributed by atoms with E-state index in [0.29, 0.717) is 12.6 Å². The topological polar surface area (TPSA) is 54.5 Å². The number of hydrogen-bond donors (Lipinski definition) is 1. The van der Waals surface area contributed by atoms with Crippen molar-refractivity contribution in [3.8, 4) is 0 Å². The molecule has 0 spiro atoms. The van der Waals surface area contributed by atoms with Gasteiger partial charge in [0.15, 0.2) is 0 Å². The van der Waals surface area contributed by atoms with Crippen LogP contribution in [0.1, 0.15) is 30.9 Å². The van der Waals surface area contributed by atoms with Crippen molar-refractivity contribution >= 4 is 6.09 Å². The van der Waals surface area contributed by atoms with Gasteiger partial charge in [0, 0.05) is 38.1 Å². The first kappa shape index (κ1) is 14.8. The van der Waals surface area contributed by atoms with Gasteiger partial charge in [0.05, 0.1) is 6.61 Å². The van der Waals surface area contributed by atoms with Crippen molar-refractivity contribution in [3.05, 3.63) is 29.6 Å². The van der Waals surface area contributed by atoms with E-state index in [1.807, 2.05) is 19.3 Å². The minimum Gasteiger partial charge on any atom is -0.450 e. The van der Waals surface area contributed by atoms with E-state index in [0.717, 1.165) is 32.5 Å². The molecule has 1 aliphatic rings. The third-order valence-corrected chi connectivity index (χ3v) is 3.74. The number of pyridine rings is 1. The summed E-state index contributed by atoms with van der Waals surface area (Å²) in [5.41, 5.74) is 2.50. The molecule has 5 nitrogen and oxygen atoms in total. The Morgan fingerprint density at radius 1 is 1.50 bits per heavy atom. The number of aromatic nitrogens is 1. The van der Waals surface area contributed by atoms with Crippen LogP contribution < -0.4 is 5.32 Å². The molecule has 0 atom stereocenters. The lowest BCUT2D eigenvalue weighted by Crippen LogP contribution is -2.44. The zero-order valence-electron chi connectivity index (χ0n) is 12.3. The summed E-state index contributed by atoms with van der Waals surface area (Å²) in [5, 5.41) is 3.56. The molecule has 1 saturated heterocycles. The zero-order valence-corrected chi connectivity index (χ0v) is 12.3. The van der Waals surface area contributed by atoms with Crippen molar-refractivity contribution in [2.45, 2.75) is 39.3 Å². The van der Waals surface area contributed by atoms with Crippen LogP contribution in [0.3, 0.4) is 0 Å². The zero-order chi connectivity index (χ0) is 14.4. The molecule has 2 rings (SSSR count). The molecule has 0 unspecified atom stereocenters. The van der Waals surface area contributed by atoms with Crippen molar-refractivity contribution < 1.29 is 9.53 Å². The molecule has 2 heterocycles. The predicted octanol–water partition coefficient (Wildman–Crippen LogP) is 2.10. The van der Waals surface area contributed by atoms with Gasteiger partial charge in [-0.3, -0.25) is 4.98 Å². The highest BCUT2D eigenvalue weighted by atomic mass is 16.6. The number of nitrogens with one attached hydrogen (secondary N) is 1. The van der Waals surface area contributed by atoms with Crippen LogP contribution in [0.15, 0.2) is 18.5 Å². The maximum atomic E-state index is 11.6. The van der Waals surface area contributed by atoms with Crippen LogP contribution in [0, 0.1) is 6.92 Å². The normalized spacial score (nSPS) is 16.2. The molecule has 0 saturated carbocycles. The number of rotatable bonds is 4. The van der Waals surface area contributed by atoms with Crippen LogP contribution in [0.25, 0.3) is 0 Å². The lowest BCUT2D eigenvalue weighted by Gasteiger charge is -2.31. The molecule has 20 heavy (non-hydrogen) atoms. The molecule has 1 N–H and O–H groups in total. The fraction of sp³-hybridized carbons (Fsp3) is 0.600. The van der Waals surface area contributed by atoms with Crippen LogP contribution >= 0.6 is 0 Å². The van der Waals surface area contributed by atoms with Crippen molar-refractivity contribution in [3.63, 3.8) is 0 Å². The number of amides is 1. The summed E-state index contributed by atoms with van der Waals surface area (Å²) in [7, 11) is 0. The van der Waals surface area contributed by atoms with Gasteiger partial charge in [0.25, 0.3) is 0 Å². The third-order valence-electron chi connectivity index (χ3n) is 3.74. The summed E-state index contributed by atoms with van der Waals surface area (Å²) >= 11 is 0. The first-order valence-corrected chi connectivity index (χ1v) is 7.25. The minimum absolute atomic E-state index is 0.184. The molecule has 110 valence electrons. The largest absolute Gasteiger partial charge is 0.450 e. The maximum absolute atomic E-state index is 11.6. The highest BCUT2D eigenvalue weighted by Gasteiger charge is 2.23. The molecule has 1 amide bonds. The van der Waals surface area contributed by atoms with Crippen molar-refractivity contribution in [1.82, 2.24) is 15.2 Å². The van der Waals surface area contributed by atoms with Crippen LogP contribution in [0.4, 0.5) is 4.79 Å². The Morgan fingerprint density at radius 3 is 2.90 bits per heavy atom. The van der Waals surface area contributed by atoms with Crippen molar-refractivity contribution in [2.75, 3.05) is 19.7 Å². The predicted molar refractivity (Wildman–Crippen MR) is 77.4 cm³/mol. The number of piperidine rings is 1. The van der Waals surface area contributed by atoms with E-state index < -0.39 is 0 Å². The summed E-state index contributed by atoms with van der Waals surface area (Å²) in [4.78, 5) is 17.5. The molecule has 1 fully saturated rings.